The van der Waals surface area contributed by atoms with Crippen molar-refractivity contribution in [3.05, 3.63) is 60.2 Å². The molecule has 0 bridgehead atoms. The summed E-state index contributed by atoms with van der Waals surface area (Å²) in [7, 11) is 0.787. The maximum atomic E-state index is 11.9. The number of carbonyl (C=O) groups is 2. The van der Waals surface area contributed by atoms with Crippen molar-refractivity contribution in [2.75, 3.05) is 0 Å². The van der Waals surface area contributed by atoms with Crippen LogP contribution in [0.15, 0.2) is 59.6 Å². The van der Waals surface area contributed by atoms with Gasteiger partial charge in [0.25, 0.3) is 5.91 Å². The second kappa shape index (κ2) is 15.5. The molecule has 7 heteroatoms. The van der Waals surface area contributed by atoms with E-state index in [0.29, 0.717) is 6.42 Å². The average Bonchev–Trinajstić information content (AvgIpc) is 2.80. The zero-order chi connectivity index (χ0) is 24.3. The number of hydrogen-bond donors (Lipinski definition) is 1. The summed E-state index contributed by atoms with van der Waals surface area (Å²) in [4.78, 5) is 27.1. The smallest absolute Gasteiger partial charge is 0.846 e. The SMILES string of the molecule is CCCC(C)C1(CC)C(=O)N=C([O-])NC1=O.CCCCc1ccccc1Pc1ccccc1.[Na+]. The monoisotopic (exact) mass is 490 g/mol. The van der Waals surface area contributed by atoms with Gasteiger partial charge in [0.1, 0.15) is 5.41 Å². The molecule has 2 aromatic rings. The van der Waals surface area contributed by atoms with Crippen LogP contribution in [-0.2, 0) is 16.0 Å². The molecule has 0 saturated carbocycles. The Morgan fingerprint density at radius 3 is 2.24 bits per heavy atom. The molecule has 5 nitrogen and oxygen atoms in total. The first-order valence-corrected chi connectivity index (χ1v) is 12.9. The topological polar surface area (TPSA) is 81.6 Å². The third-order valence-corrected chi connectivity index (χ3v) is 7.58. The Morgan fingerprint density at radius 1 is 1.00 bits per heavy atom. The fraction of sp³-hybridized carbons (Fsp3) is 0.444. The van der Waals surface area contributed by atoms with Gasteiger partial charge in [-0.3, -0.25) is 9.59 Å². The molecule has 0 aromatic heterocycles. The number of amides is 2. The van der Waals surface area contributed by atoms with Crippen molar-refractivity contribution in [2.24, 2.45) is 16.3 Å². The van der Waals surface area contributed by atoms with E-state index in [1.807, 2.05) is 13.8 Å². The summed E-state index contributed by atoms with van der Waals surface area (Å²) in [5, 5.41) is 16.0. The maximum absolute atomic E-state index is 11.9. The van der Waals surface area contributed by atoms with Gasteiger partial charge in [-0.05, 0) is 47.8 Å². The predicted molar refractivity (Wildman–Crippen MR) is 136 cm³/mol. The first-order chi connectivity index (χ1) is 15.9. The summed E-state index contributed by atoms with van der Waals surface area (Å²) < 4.78 is 0. The van der Waals surface area contributed by atoms with Gasteiger partial charge < -0.3 is 10.4 Å². The molecule has 0 aliphatic carbocycles. The number of unbranched alkanes of at least 4 members (excludes halogenated alkanes) is 1. The Labute approximate surface area is 228 Å². The summed E-state index contributed by atoms with van der Waals surface area (Å²) in [6.07, 6.45) is 5.79. The minimum atomic E-state index is -1.15. The van der Waals surface area contributed by atoms with Crippen LogP contribution in [0.4, 0.5) is 0 Å². The number of carbonyl (C=O) groups excluding carboxylic acids is 2. The second-order valence-electron chi connectivity index (χ2n) is 8.44. The first kappa shape index (κ1) is 30.5. The van der Waals surface area contributed by atoms with Crippen molar-refractivity contribution in [2.45, 2.75) is 66.2 Å². The van der Waals surface area contributed by atoms with E-state index in [1.54, 1.807) is 6.92 Å². The number of aryl methyl sites for hydroxylation is 1. The number of benzene rings is 2. The van der Waals surface area contributed by atoms with Crippen LogP contribution in [0.3, 0.4) is 0 Å². The van der Waals surface area contributed by atoms with Gasteiger partial charge in [-0.1, -0.05) is 104 Å². The van der Waals surface area contributed by atoms with E-state index in [2.05, 4.69) is 71.8 Å². The molecule has 34 heavy (non-hydrogen) atoms. The largest absolute Gasteiger partial charge is 1.00 e. The second-order valence-corrected chi connectivity index (χ2v) is 9.81. The molecular formula is C27H36N2NaO3P. The Morgan fingerprint density at radius 2 is 1.65 bits per heavy atom. The van der Waals surface area contributed by atoms with Crippen molar-refractivity contribution in [3.8, 4) is 0 Å². The first-order valence-electron chi connectivity index (χ1n) is 11.9. The van der Waals surface area contributed by atoms with Gasteiger partial charge >= 0.3 is 29.6 Å². The standard InChI is InChI=1S/C16H19P.C11H18N2O3.Na/c1-2-3-9-14-10-7-8-13-16(14)17-15-11-5-4-6-12-15;1-4-6-7(3)11(5-2)8(14)12-10(16)13-9(11)15;/h4-8,10-13,17H,2-3,9H2,1H3;7H,4-6H2,1-3H3,(H2,12,13,14,15,16);/q;;+1/p-1. The molecule has 2 amide bonds. The third-order valence-electron chi connectivity index (χ3n) is 6.20. The molecule has 0 spiro atoms. The van der Waals surface area contributed by atoms with Gasteiger partial charge in [0.2, 0.25) is 5.91 Å². The number of hydrogen-bond acceptors (Lipinski definition) is 3. The molecule has 3 atom stereocenters. The van der Waals surface area contributed by atoms with Crippen molar-refractivity contribution < 1.29 is 44.3 Å². The van der Waals surface area contributed by atoms with Gasteiger partial charge in [-0.15, -0.1) is 0 Å². The number of amidine groups is 1. The van der Waals surface area contributed by atoms with Crippen molar-refractivity contribution in [1.29, 1.82) is 0 Å². The van der Waals surface area contributed by atoms with Crippen LogP contribution >= 0.6 is 8.58 Å². The van der Waals surface area contributed by atoms with Crippen LogP contribution in [0, 0.1) is 11.3 Å². The van der Waals surface area contributed by atoms with E-state index in [1.165, 1.54) is 35.4 Å². The van der Waals surface area contributed by atoms with Crippen molar-refractivity contribution in [1.82, 2.24) is 5.32 Å². The third kappa shape index (κ3) is 8.02. The summed E-state index contributed by atoms with van der Waals surface area (Å²) in [6.45, 7) is 7.88. The molecule has 0 fully saturated rings. The van der Waals surface area contributed by atoms with Crippen LogP contribution in [0.1, 0.15) is 65.4 Å². The van der Waals surface area contributed by atoms with E-state index in [4.69, 9.17) is 0 Å². The molecule has 1 aliphatic heterocycles. The molecule has 3 rings (SSSR count). The summed E-state index contributed by atoms with van der Waals surface area (Å²) >= 11 is 0. The van der Waals surface area contributed by atoms with Gasteiger partial charge in [-0.2, -0.15) is 0 Å². The van der Waals surface area contributed by atoms with E-state index >= 15 is 0 Å². The van der Waals surface area contributed by atoms with Crippen LogP contribution in [0.5, 0.6) is 0 Å². The number of nitrogens with zero attached hydrogens (tertiary/aromatic N) is 1. The Hall–Kier alpha value is -1.52. The molecule has 1 heterocycles. The molecule has 178 valence electrons. The van der Waals surface area contributed by atoms with E-state index in [-0.39, 0.29) is 35.5 Å². The van der Waals surface area contributed by atoms with E-state index < -0.39 is 23.3 Å². The molecule has 2 aromatic carbocycles. The van der Waals surface area contributed by atoms with Gasteiger partial charge in [0, 0.05) is 0 Å². The molecule has 0 saturated heterocycles. The van der Waals surface area contributed by atoms with E-state index in [9.17, 15) is 14.7 Å². The van der Waals surface area contributed by atoms with Crippen LogP contribution in [0.2, 0.25) is 0 Å². The summed E-state index contributed by atoms with van der Waals surface area (Å²) in [6, 6.07) is 18.8. The van der Waals surface area contributed by atoms with Crippen LogP contribution < -0.4 is 50.6 Å². The minimum absolute atomic E-state index is 0. The summed E-state index contributed by atoms with van der Waals surface area (Å²) in [5.41, 5.74) is 0.376. The quantitative estimate of drug-likeness (QED) is 0.322. The Kier molecular flexibility index (Phi) is 13.9. The molecular weight excluding hydrogens is 454 g/mol. The number of nitrogens with one attached hydrogen (secondary N) is 1. The molecule has 1 N–H and O–H groups in total. The van der Waals surface area contributed by atoms with Crippen LogP contribution in [-0.4, -0.2) is 17.8 Å². The van der Waals surface area contributed by atoms with Crippen molar-refractivity contribution >= 4 is 37.0 Å². The molecule has 3 unspecified atom stereocenters. The van der Waals surface area contributed by atoms with E-state index in [0.717, 1.165) is 21.4 Å². The number of rotatable bonds is 9. The van der Waals surface area contributed by atoms with Crippen LogP contribution in [0.25, 0.3) is 0 Å². The zero-order valence-corrected chi connectivity index (χ0v) is 24.2. The maximum Gasteiger partial charge on any atom is 1.00 e. The molecule has 0 radical (unpaired) electrons. The zero-order valence-electron chi connectivity index (χ0n) is 21.2. The number of aliphatic imine (C=N–C) groups is 1. The van der Waals surface area contributed by atoms with Gasteiger partial charge in [0.15, 0.2) is 0 Å². The minimum Gasteiger partial charge on any atom is -0.846 e. The summed E-state index contributed by atoms with van der Waals surface area (Å²) in [5.74, 6) is -1.20. The normalized spacial score (nSPS) is 18.4. The van der Waals surface area contributed by atoms with Crippen molar-refractivity contribution in [3.63, 3.8) is 0 Å². The van der Waals surface area contributed by atoms with Gasteiger partial charge in [-0.25, -0.2) is 4.99 Å². The fourth-order valence-corrected chi connectivity index (χ4v) is 5.42. The fourth-order valence-electron chi connectivity index (χ4n) is 4.20. The Bertz CT molecular complexity index is 952. The molecule has 1 aliphatic rings. The van der Waals surface area contributed by atoms with Gasteiger partial charge in [0.05, 0.1) is 6.02 Å². The average molecular weight is 491 g/mol. The Balaban J connectivity index is 0.000000331. The predicted octanol–water partition coefficient (Wildman–Crippen LogP) is 0.854.